The Morgan fingerprint density at radius 2 is 1.38 bits per heavy atom. The minimum Gasteiger partial charge on any atom is -0.456 e. The molecule has 0 aromatic heterocycles. The highest BCUT2D eigenvalue weighted by Crippen LogP contribution is 2.28. The topological polar surface area (TPSA) is 108 Å². The molecule has 120 valence electrons. The standard InChI is InChI=1S/C12H17IO8/c1-5(14)18-9-8(4-13)21-12(17)11(20-7(3)16)10(9)19-6(2)15/h8-12,17H,4H2,1-3H3/t8-,9+,10+,11+,12?/m0/s1. The molecule has 1 aliphatic heterocycles. The van der Waals surface area contributed by atoms with Gasteiger partial charge in [-0.25, -0.2) is 0 Å². The van der Waals surface area contributed by atoms with Gasteiger partial charge in [-0.15, -0.1) is 0 Å². The van der Waals surface area contributed by atoms with Crippen LogP contribution >= 0.6 is 22.6 Å². The Bertz CT molecular complexity index is 412. The molecule has 1 unspecified atom stereocenters. The van der Waals surface area contributed by atoms with Gasteiger partial charge < -0.3 is 24.1 Å². The first-order chi connectivity index (χ1) is 9.76. The van der Waals surface area contributed by atoms with Gasteiger partial charge >= 0.3 is 17.9 Å². The lowest BCUT2D eigenvalue weighted by Crippen LogP contribution is -2.61. The first kappa shape index (κ1) is 18.1. The third-order valence-corrected chi connectivity index (χ3v) is 3.54. The van der Waals surface area contributed by atoms with Gasteiger partial charge in [-0.3, -0.25) is 14.4 Å². The maximum absolute atomic E-state index is 11.2. The summed E-state index contributed by atoms with van der Waals surface area (Å²) >= 11 is 1.98. The molecule has 0 spiro atoms. The van der Waals surface area contributed by atoms with Crippen LogP contribution in [0.5, 0.6) is 0 Å². The third-order valence-electron chi connectivity index (χ3n) is 2.67. The molecule has 0 amide bonds. The van der Waals surface area contributed by atoms with Crippen LogP contribution < -0.4 is 0 Å². The summed E-state index contributed by atoms with van der Waals surface area (Å²) in [6.07, 6.45) is -5.56. The van der Waals surface area contributed by atoms with Crippen molar-refractivity contribution in [1.82, 2.24) is 0 Å². The van der Waals surface area contributed by atoms with Crippen LogP contribution in [0.3, 0.4) is 0 Å². The van der Waals surface area contributed by atoms with Crippen molar-refractivity contribution < 1.29 is 38.4 Å². The Labute approximate surface area is 135 Å². The van der Waals surface area contributed by atoms with Gasteiger partial charge in [0.1, 0.15) is 6.10 Å². The maximum atomic E-state index is 11.2. The minimum absolute atomic E-state index is 0.372. The van der Waals surface area contributed by atoms with Crippen LogP contribution in [-0.2, 0) is 33.3 Å². The average Bonchev–Trinajstić information content (AvgIpc) is 2.35. The minimum atomic E-state index is -1.48. The van der Waals surface area contributed by atoms with Gasteiger partial charge in [-0.2, -0.15) is 0 Å². The van der Waals surface area contributed by atoms with E-state index < -0.39 is 48.6 Å². The van der Waals surface area contributed by atoms with E-state index in [1.54, 1.807) is 0 Å². The fourth-order valence-electron chi connectivity index (χ4n) is 2.00. The smallest absolute Gasteiger partial charge is 0.303 e. The summed E-state index contributed by atoms with van der Waals surface area (Å²) in [6.45, 7) is 3.50. The summed E-state index contributed by atoms with van der Waals surface area (Å²) in [5.74, 6) is -1.95. The van der Waals surface area contributed by atoms with Crippen molar-refractivity contribution in [2.45, 2.75) is 51.5 Å². The molecule has 0 aliphatic carbocycles. The Kier molecular flexibility index (Phi) is 6.81. The van der Waals surface area contributed by atoms with Gasteiger partial charge in [-0.1, -0.05) is 22.6 Å². The summed E-state index contributed by atoms with van der Waals surface area (Å²) in [6, 6.07) is 0. The molecule has 8 nitrogen and oxygen atoms in total. The number of ether oxygens (including phenoxy) is 4. The normalized spacial score (nSPS) is 32.1. The maximum Gasteiger partial charge on any atom is 0.303 e. The molecule has 0 aromatic carbocycles. The van der Waals surface area contributed by atoms with E-state index >= 15 is 0 Å². The van der Waals surface area contributed by atoms with E-state index in [1.807, 2.05) is 22.6 Å². The number of hydrogen-bond acceptors (Lipinski definition) is 8. The Morgan fingerprint density at radius 3 is 1.81 bits per heavy atom. The molecule has 1 rings (SSSR count). The predicted octanol–water partition coefficient (Wildman–Crippen LogP) is -0.0663. The number of rotatable bonds is 4. The van der Waals surface area contributed by atoms with Gasteiger partial charge in [0.15, 0.2) is 24.6 Å². The fraction of sp³-hybridized carbons (Fsp3) is 0.750. The number of carbonyl (C=O) groups is 3. The number of esters is 3. The van der Waals surface area contributed by atoms with Gasteiger partial charge in [0.05, 0.1) is 0 Å². The highest BCUT2D eigenvalue weighted by molar-refractivity contribution is 14.1. The summed E-state index contributed by atoms with van der Waals surface area (Å²) in [5.41, 5.74) is 0. The zero-order valence-electron chi connectivity index (χ0n) is 11.8. The van der Waals surface area contributed by atoms with Gasteiger partial charge in [0.25, 0.3) is 0 Å². The molecule has 0 bridgehead atoms. The number of halogens is 1. The molecule has 1 heterocycles. The van der Waals surface area contributed by atoms with Gasteiger partial charge in [0, 0.05) is 25.2 Å². The van der Waals surface area contributed by atoms with E-state index in [1.165, 1.54) is 6.92 Å². The van der Waals surface area contributed by atoms with E-state index in [2.05, 4.69) is 0 Å². The molecular weight excluding hydrogens is 399 g/mol. The van der Waals surface area contributed by atoms with Crippen LogP contribution in [0.4, 0.5) is 0 Å². The molecule has 0 aromatic rings. The Hall–Kier alpha value is -0.940. The second-order valence-corrected chi connectivity index (χ2v) is 5.32. The highest BCUT2D eigenvalue weighted by Gasteiger charge is 2.50. The van der Waals surface area contributed by atoms with Crippen LogP contribution in [0.1, 0.15) is 20.8 Å². The summed E-state index contributed by atoms with van der Waals surface area (Å²) < 4.78 is 20.8. The predicted molar refractivity (Wildman–Crippen MR) is 76.4 cm³/mol. The number of carbonyl (C=O) groups excluding carboxylic acids is 3. The van der Waals surface area contributed by atoms with Gasteiger partial charge in [0.2, 0.25) is 0 Å². The van der Waals surface area contributed by atoms with E-state index in [0.717, 1.165) is 13.8 Å². The van der Waals surface area contributed by atoms with Crippen LogP contribution in [-0.4, -0.2) is 58.1 Å². The molecule has 0 radical (unpaired) electrons. The third kappa shape index (κ3) is 5.08. The van der Waals surface area contributed by atoms with E-state index in [9.17, 15) is 19.5 Å². The van der Waals surface area contributed by atoms with Crippen molar-refractivity contribution in [3.8, 4) is 0 Å². The van der Waals surface area contributed by atoms with Crippen LogP contribution in [0.25, 0.3) is 0 Å². The monoisotopic (exact) mass is 416 g/mol. The van der Waals surface area contributed by atoms with Crippen LogP contribution in [0, 0.1) is 0 Å². The van der Waals surface area contributed by atoms with Crippen molar-refractivity contribution in [3.05, 3.63) is 0 Å². The molecule has 21 heavy (non-hydrogen) atoms. The van der Waals surface area contributed by atoms with Crippen molar-refractivity contribution in [2.24, 2.45) is 0 Å². The number of hydrogen-bond donors (Lipinski definition) is 1. The first-order valence-corrected chi connectivity index (χ1v) is 7.70. The number of alkyl halides is 1. The summed E-state index contributed by atoms with van der Waals surface area (Å²) in [4.78, 5) is 33.6. The van der Waals surface area contributed by atoms with Crippen molar-refractivity contribution in [1.29, 1.82) is 0 Å². The van der Waals surface area contributed by atoms with E-state index in [-0.39, 0.29) is 0 Å². The lowest BCUT2D eigenvalue weighted by atomic mass is 9.99. The largest absolute Gasteiger partial charge is 0.456 e. The molecule has 1 saturated heterocycles. The lowest BCUT2D eigenvalue weighted by Gasteiger charge is -2.42. The van der Waals surface area contributed by atoms with Crippen molar-refractivity contribution in [2.75, 3.05) is 4.43 Å². The van der Waals surface area contributed by atoms with Crippen molar-refractivity contribution >= 4 is 40.5 Å². The summed E-state index contributed by atoms with van der Waals surface area (Å²) in [7, 11) is 0. The quantitative estimate of drug-likeness (QED) is 0.294. The van der Waals surface area contributed by atoms with Crippen molar-refractivity contribution in [3.63, 3.8) is 0 Å². The van der Waals surface area contributed by atoms with Crippen LogP contribution in [0.2, 0.25) is 0 Å². The highest BCUT2D eigenvalue weighted by atomic mass is 127. The second-order valence-electron chi connectivity index (χ2n) is 4.44. The molecule has 0 saturated carbocycles. The molecular formula is C12H17IO8. The SMILES string of the molecule is CC(=O)O[C@@H]1[C@H](OC(C)=O)[C@H](CI)OC(O)[C@@H]1OC(C)=O. The molecule has 1 N–H and O–H groups in total. The zero-order chi connectivity index (χ0) is 16.2. The lowest BCUT2D eigenvalue weighted by molar-refractivity contribution is -0.286. The number of aliphatic hydroxyl groups excluding tert-OH is 1. The average molecular weight is 416 g/mol. The summed E-state index contributed by atoms with van der Waals surface area (Å²) in [5, 5.41) is 9.92. The molecule has 9 heteroatoms. The first-order valence-electron chi connectivity index (χ1n) is 6.17. The second kappa shape index (κ2) is 7.90. The van der Waals surface area contributed by atoms with Crippen LogP contribution in [0.15, 0.2) is 0 Å². The van der Waals surface area contributed by atoms with Gasteiger partial charge in [-0.05, 0) is 0 Å². The fourth-order valence-corrected chi connectivity index (χ4v) is 2.70. The zero-order valence-corrected chi connectivity index (χ0v) is 13.9. The number of aliphatic hydroxyl groups is 1. The van der Waals surface area contributed by atoms with E-state index in [0.29, 0.717) is 4.43 Å². The van der Waals surface area contributed by atoms with E-state index in [4.69, 9.17) is 18.9 Å². The Morgan fingerprint density at radius 1 is 0.952 bits per heavy atom. The molecule has 5 atom stereocenters. The molecule has 1 fully saturated rings. The Balaban J connectivity index is 3.08. The molecule has 1 aliphatic rings.